The number of hydrogen-bond donors (Lipinski definition) is 0. The zero-order chi connectivity index (χ0) is 15.8. The quantitative estimate of drug-likeness (QED) is 0.321. The molecule has 0 amide bonds. The van der Waals surface area contributed by atoms with E-state index in [0.717, 1.165) is 0 Å². The van der Waals surface area contributed by atoms with Crippen LogP contribution in [0.5, 0.6) is 0 Å². The highest BCUT2D eigenvalue weighted by atomic mass is 28.3. The van der Waals surface area contributed by atoms with Crippen LogP contribution >= 0.6 is 0 Å². The fourth-order valence-electron chi connectivity index (χ4n) is 2.25. The molecule has 1 aromatic carbocycles. The first-order valence-corrected chi connectivity index (χ1v) is 15.1. The molecule has 0 atom stereocenters. The lowest BCUT2D eigenvalue weighted by molar-refractivity contribution is 1.04. The fourth-order valence-corrected chi connectivity index (χ4v) is 5.21. The van der Waals surface area contributed by atoms with E-state index in [1.165, 1.54) is 24.9 Å². The average Bonchev–Trinajstić information content (AvgIpc) is 2.41. The third-order valence-corrected chi connectivity index (χ3v) is 8.36. The van der Waals surface area contributed by atoms with Gasteiger partial charge >= 0.3 is 0 Å². The van der Waals surface area contributed by atoms with Crippen LogP contribution in [-0.2, 0) is 0 Å². The first-order valence-electron chi connectivity index (χ1n) is 8.17. The molecule has 0 heterocycles. The summed E-state index contributed by atoms with van der Waals surface area (Å²) >= 11 is 0. The summed E-state index contributed by atoms with van der Waals surface area (Å²) in [5.74, 6) is 0. The highest BCUT2D eigenvalue weighted by Gasteiger charge is 2.20. The Balaban J connectivity index is 2.29. The van der Waals surface area contributed by atoms with Crippen LogP contribution < -0.4 is 5.19 Å². The van der Waals surface area contributed by atoms with Gasteiger partial charge in [0.05, 0.1) is 8.07 Å². The lowest BCUT2D eigenvalue weighted by atomic mass is 10.3. The second-order valence-electron chi connectivity index (χ2n) is 7.74. The van der Waals surface area contributed by atoms with E-state index in [9.17, 15) is 0 Å². The maximum atomic E-state index is 2.46. The molecule has 0 spiro atoms. The summed E-state index contributed by atoms with van der Waals surface area (Å²) < 4.78 is 0. The Bertz CT molecular complexity index is 450. The Morgan fingerprint density at radius 3 is 1.76 bits per heavy atom. The van der Waals surface area contributed by atoms with E-state index in [1.807, 2.05) is 0 Å². The summed E-state index contributed by atoms with van der Waals surface area (Å²) in [5, 5.41) is 1.56. The third-order valence-electron chi connectivity index (χ3n) is 3.75. The second kappa shape index (κ2) is 8.55. The molecule has 0 aliphatic heterocycles. The van der Waals surface area contributed by atoms with Gasteiger partial charge in [-0.3, -0.25) is 0 Å². The molecule has 0 aliphatic carbocycles. The molecular weight excluding hydrogens is 284 g/mol. The molecule has 21 heavy (non-hydrogen) atoms. The standard InChI is InChI=1S/C19H32Si2/c1-20(2,3)17-13-8-6-7-9-14-18-21(4,5)19-15-11-10-12-16-19/h8-16H,6-7,17-18H2,1-5H3/b13-8+,14-9+. The van der Waals surface area contributed by atoms with Crippen molar-refractivity contribution in [2.24, 2.45) is 0 Å². The normalized spacial score (nSPS) is 13.4. The second-order valence-corrected chi connectivity index (χ2v) is 18.0. The fraction of sp³-hybridized carbons (Fsp3) is 0.474. The molecule has 0 unspecified atom stereocenters. The summed E-state index contributed by atoms with van der Waals surface area (Å²) in [5.41, 5.74) is 0. The van der Waals surface area contributed by atoms with Gasteiger partial charge in [0, 0.05) is 8.07 Å². The van der Waals surface area contributed by atoms with Crippen molar-refractivity contribution < 1.29 is 0 Å². The van der Waals surface area contributed by atoms with Crippen molar-refractivity contribution in [1.29, 1.82) is 0 Å². The maximum Gasteiger partial charge on any atom is 0.0843 e. The van der Waals surface area contributed by atoms with Crippen LogP contribution in [0.15, 0.2) is 54.6 Å². The summed E-state index contributed by atoms with van der Waals surface area (Å²) in [6.07, 6.45) is 11.9. The predicted octanol–water partition coefficient (Wildman–Crippen LogP) is 5.83. The molecule has 0 saturated carbocycles. The van der Waals surface area contributed by atoms with E-state index in [-0.39, 0.29) is 0 Å². The van der Waals surface area contributed by atoms with Crippen molar-refractivity contribution in [1.82, 2.24) is 0 Å². The molecule has 0 bridgehead atoms. The van der Waals surface area contributed by atoms with Crippen LogP contribution in [0, 0.1) is 0 Å². The molecule has 2 heteroatoms. The minimum absolute atomic E-state index is 0.894. The van der Waals surface area contributed by atoms with Gasteiger partial charge in [-0.2, -0.15) is 0 Å². The molecule has 1 aromatic rings. The Labute approximate surface area is 134 Å². The molecule has 0 radical (unpaired) electrons. The summed E-state index contributed by atoms with van der Waals surface area (Å²) in [7, 11) is -2.17. The largest absolute Gasteiger partial charge is 0.0912 e. The molecule has 0 aliphatic rings. The molecule has 116 valence electrons. The van der Waals surface area contributed by atoms with Crippen LogP contribution in [0.4, 0.5) is 0 Å². The number of unbranched alkanes of at least 4 members (excludes halogenated alkanes) is 1. The summed E-state index contributed by atoms with van der Waals surface area (Å²) in [6.45, 7) is 12.2. The molecule has 0 nitrogen and oxygen atoms in total. The zero-order valence-electron chi connectivity index (χ0n) is 14.5. The number of benzene rings is 1. The van der Waals surface area contributed by atoms with Crippen molar-refractivity contribution in [3.63, 3.8) is 0 Å². The van der Waals surface area contributed by atoms with Crippen LogP contribution in [-0.4, -0.2) is 16.1 Å². The molecule has 0 saturated heterocycles. The molecule has 0 N–H and O–H groups in total. The lowest BCUT2D eigenvalue weighted by Crippen LogP contribution is -2.40. The van der Waals surface area contributed by atoms with Gasteiger partial charge in [-0.1, -0.05) is 92.6 Å². The van der Waals surface area contributed by atoms with Gasteiger partial charge in [-0.25, -0.2) is 0 Å². The minimum Gasteiger partial charge on any atom is -0.0912 e. The van der Waals surface area contributed by atoms with Gasteiger partial charge in [0.1, 0.15) is 0 Å². The van der Waals surface area contributed by atoms with Gasteiger partial charge in [0.2, 0.25) is 0 Å². The zero-order valence-corrected chi connectivity index (χ0v) is 16.5. The minimum atomic E-state index is -1.28. The van der Waals surface area contributed by atoms with Gasteiger partial charge in [0.25, 0.3) is 0 Å². The van der Waals surface area contributed by atoms with E-state index >= 15 is 0 Å². The van der Waals surface area contributed by atoms with E-state index in [2.05, 4.69) is 87.4 Å². The molecule has 1 rings (SSSR count). The average molecular weight is 317 g/mol. The number of allylic oxidation sites excluding steroid dienone is 4. The molecule has 0 fully saturated rings. The van der Waals surface area contributed by atoms with Crippen molar-refractivity contribution in [2.75, 3.05) is 0 Å². The highest BCUT2D eigenvalue weighted by Crippen LogP contribution is 2.12. The lowest BCUT2D eigenvalue weighted by Gasteiger charge is -2.20. The number of hydrogen-bond acceptors (Lipinski definition) is 0. The van der Waals surface area contributed by atoms with Crippen molar-refractivity contribution in [3.8, 4) is 0 Å². The van der Waals surface area contributed by atoms with Crippen molar-refractivity contribution in [3.05, 3.63) is 54.6 Å². The number of rotatable bonds is 8. The SMILES string of the molecule is C[Si](C)(C)C/C=C/CC/C=C/C[Si](C)(C)c1ccccc1. The van der Waals surface area contributed by atoms with E-state index in [1.54, 1.807) is 5.19 Å². The predicted molar refractivity (Wildman–Crippen MR) is 104 cm³/mol. The van der Waals surface area contributed by atoms with E-state index in [0.29, 0.717) is 0 Å². The monoisotopic (exact) mass is 316 g/mol. The summed E-state index contributed by atoms with van der Waals surface area (Å²) in [6, 6.07) is 13.6. The Morgan fingerprint density at radius 2 is 1.24 bits per heavy atom. The van der Waals surface area contributed by atoms with E-state index < -0.39 is 16.1 Å². The molecular formula is C19H32Si2. The van der Waals surface area contributed by atoms with Crippen LogP contribution in [0.25, 0.3) is 0 Å². The van der Waals surface area contributed by atoms with Crippen molar-refractivity contribution >= 4 is 21.3 Å². The van der Waals surface area contributed by atoms with Gasteiger partial charge in [-0.15, -0.1) is 0 Å². The smallest absolute Gasteiger partial charge is 0.0843 e. The Hall–Kier alpha value is -0.866. The first-order chi connectivity index (χ1) is 9.81. The topological polar surface area (TPSA) is 0 Å². The van der Waals surface area contributed by atoms with Crippen molar-refractivity contribution in [2.45, 2.75) is 57.7 Å². The van der Waals surface area contributed by atoms with Gasteiger partial charge < -0.3 is 0 Å². The summed E-state index contributed by atoms with van der Waals surface area (Å²) in [4.78, 5) is 0. The third kappa shape index (κ3) is 8.22. The maximum absolute atomic E-state index is 2.46. The highest BCUT2D eigenvalue weighted by molar-refractivity contribution is 6.90. The first kappa shape index (κ1) is 18.2. The van der Waals surface area contributed by atoms with Crippen LogP contribution in [0.1, 0.15) is 12.8 Å². The van der Waals surface area contributed by atoms with Crippen LogP contribution in [0.3, 0.4) is 0 Å². The Morgan fingerprint density at radius 1 is 0.714 bits per heavy atom. The molecule has 0 aromatic heterocycles. The van der Waals surface area contributed by atoms with E-state index in [4.69, 9.17) is 0 Å². The Kier molecular flexibility index (Phi) is 7.40. The van der Waals surface area contributed by atoms with Crippen LogP contribution in [0.2, 0.25) is 44.8 Å². The van der Waals surface area contributed by atoms with Gasteiger partial charge in [-0.05, 0) is 24.9 Å². The van der Waals surface area contributed by atoms with Gasteiger partial charge in [0.15, 0.2) is 0 Å².